The van der Waals surface area contributed by atoms with E-state index in [4.69, 9.17) is 14.4 Å². The van der Waals surface area contributed by atoms with E-state index < -0.39 is 5.82 Å². The minimum absolute atomic E-state index is 0.199. The number of methoxy groups -OCH3 is 1. The van der Waals surface area contributed by atoms with Crippen LogP contribution in [0.5, 0.6) is 5.75 Å². The second kappa shape index (κ2) is 5.23. The fourth-order valence-corrected chi connectivity index (χ4v) is 1.50. The number of anilines is 1. The van der Waals surface area contributed by atoms with E-state index in [9.17, 15) is 4.39 Å². The Hall–Kier alpha value is -2.48. The molecule has 0 atom stereocenters. The van der Waals surface area contributed by atoms with E-state index >= 15 is 0 Å². The van der Waals surface area contributed by atoms with Crippen LogP contribution in [0.4, 0.5) is 10.1 Å². The quantitative estimate of drug-likeness (QED) is 0.901. The van der Waals surface area contributed by atoms with Crippen molar-refractivity contribution in [2.45, 2.75) is 6.54 Å². The Morgan fingerprint density at radius 2 is 2.22 bits per heavy atom. The van der Waals surface area contributed by atoms with Crippen LogP contribution in [0.25, 0.3) is 0 Å². The first kappa shape index (κ1) is 12.0. The van der Waals surface area contributed by atoms with Crippen molar-refractivity contribution >= 4 is 5.69 Å². The molecule has 0 bridgehead atoms. The highest BCUT2D eigenvalue weighted by Gasteiger charge is 2.04. The molecule has 0 radical (unpaired) electrons. The molecule has 92 valence electrons. The Kier molecular flexibility index (Phi) is 3.49. The summed E-state index contributed by atoms with van der Waals surface area (Å²) in [5.41, 5.74) is 0.614. The van der Waals surface area contributed by atoms with Crippen molar-refractivity contribution in [1.29, 1.82) is 5.26 Å². The van der Waals surface area contributed by atoms with Crippen molar-refractivity contribution in [3.8, 4) is 11.8 Å². The van der Waals surface area contributed by atoms with E-state index in [-0.39, 0.29) is 11.5 Å². The van der Waals surface area contributed by atoms with Gasteiger partial charge in [-0.25, -0.2) is 4.39 Å². The fourth-order valence-electron chi connectivity index (χ4n) is 1.50. The number of nitrogens with zero attached hydrogens (tertiary/aromatic N) is 1. The number of rotatable bonds is 4. The van der Waals surface area contributed by atoms with Crippen molar-refractivity contribution in [3.63, 3.8) is 0 Å². The molecule has 0 aliphatic carbocycles. The number of benzene rings is 1. The lowest BCUT2D eigenvalue weighted by molar-refractivity contribution is 0.386. The molecule has 1 N–H and O–H groups in total. The number of halogens is 1. The van der Waals surface area contributed by atoms with Crippen LogP contribution in [0.2, 0.25) is 0 Å². The summed E-state index contributed by atoms with van der Waals surface area (Å²) in [7, 11) is 1.41. The number of nitriles is 1. The lowest BCUT2D eigenvalue weighted by Gasteiger charge is -2.06. The van der Waals surface area contributed by atoms with E-state index in [1.165, 1.54) is 13.2 Å². The van der Waals surface area contributed by atoms with Gasteiger partial charge in [-0.05, 0) is 24.3 Å². The third kappa shape index (κ3) is 2.61. The number of ether oxygens (including phenoxy) is 1. The van der Waals surface area contributed by atoms with Crippen LogP contribution in [-0.2, 0) is 6.54 Å². The van der Waals surface area contributed by atoms with Crippen molar-refractivity contribution < 1.29 is 13.5 Å². The molecule has 1 heterocycles. The summed E-state index contributed by atoms with van der Waals surface area (Å²) in [6.45, 7) is 0.382. The molecule has 4 nitrogen and oxygen atoms in total. The van der Waals surface area contributed by atoms with Crippen molar-refractivity contribution in [3.05, 3.63) is 47.7 Å². The van der Waals surface area contributed by atoms with Crippen LogP contribution >= 0.6 is 0 Å². The van der Waals surface area contributed by atoms with Gasteiger partial charge in [0.25, 0.3) is 0 Å². The Morgan fingerprint density at radius 1 is 1.39 bits per heavy atom. The Labute approximate surface area is 104 Å². The molecule has 1 aromatic heterocycles. The third-order valence-corrected chi connectivity index (χ3v) is 2.39. The van der Waals surface area contributed by atoms with Gasteiger partial charge in [0.05, 0.1) is 13.7 Å². The van der Waals surface area contributed by atoms with Crippen LogP contribution in [0, 0.1) is 17.1 Å². The summed E-state index contributed by atoms with van der Waals surface area (Å²) in [4.78, 5) is 0. The molecule has 2 rings (SSSR count). The van der Waals surface area contributed by atoms with Gasteiger partial charge in [-0.2, -0.15) is 5.26 Å². The first-order valence-corrected chi connectivity index (χ1v) is 5.29. The zero-order valence-electron chi connectivity index (χ0n) is 9.74. The Balaban J connectivity index is 2.02. The largest absolute Gasteiger partial charge is 0.494 e. The number of hydrogen-bond donors (Lipinski definition) is 1. The number of nitrogens with one attached hydrogen (secondary N) is 1. The molecule has 2 aromatic rings. The van der Waals surface area contributed by atoms with Gasteiger partial charge in [0, 0.05) is 11.8 Å². The van der Waals surface area contributed by atoms with Crippen LogP contribution in [-0.4, -0.2) is 7.11 Å². The van der Waals surface area contributed by atoms with Gasteiger partial charge in [-0.15, -0.1) is 0 Å². The summed E-state index contributed by atoms with van der Waals surface area (Å²) in [5, 5.41) is 11.6. The fraction of sp³-hybridized carbons (Fsp3) is 0.154. The highest BCUT2D eigenvalue weighted by Crippen LogP contribution is 2.21. The highest BCUT2D eigenvalue weighted by atomic mass is 19.1. The molecule has 0 aliphatic heterocycles. The van der Waals surface area contributed by atoms with Crippen LogP contribution in [0.15, 0.2) is 34.7 Å². The van der Waals surface area contributed by atoms with E-state index in [1.54, 1.807) is 24.3 Å². The first-order valence-electron chi connectivity index (χ1n) is 5.29. The topological polar surface area (TPSA) is 58.2 Å². The Morgan fingerprint density at radius 3 is 2.83 bits per heavy atom. The molecule has 1 aromatic carbocycles. The molecular formula is C13H11FN2O2. The van der Waals surface area contributed by atoms with Crippen LogP contribution < -0.4 is 10.1 Å². The number of hydrogen-bond acceptors (Lipinski definition) is 4. The van der Waals surface area contributed by atoms with Crippen molar-refractivity contribution in [2.75, 3.05) is 12.4 Å². The molecule has 0 fully saturated rings. The Bertz CT molecular complexity index is 587. The maximum Gasteiger partial charge on any atom is 0.203 e. The van der Waals surface area contributed by atoms with Gasteiger partial charge in [0.15, 0.2) is 11.6 Å². The standard InChI is InChI=1S/C13H11FN2O2/c1-17-13-5-2-9(6-12(13)14)16-8-11-4-3-10(7-15)18-11/h2-6,16H,8H2,1H3. The minimum atomic E-state index is -0.431. The summed E-state index contributed by atoms with van der Waals surface area (Å²) in [5.74, 6) is 0.639. The van der Waals surface area contributed by atoms with E-state index in [0.717, 1.165) is 0 Å². The molecular weight excluding hydrogens is 235 g/mol. The second-order valence-corrected chi connectivity index (χ2v) is 3.58. The van der Waals surface area contributed by atoms with Crippen LogP contribution in [0.3, 0.4) is 0 Å². The zero-order chi connectivity index (χ0) is 13.0. The van der Waals surface area contributed by atoms with Gasteiger partial charge in [-0.1, -0.05) is 0 Å². The summed E-state index contributed by atoms with van der Waals surface area (Å²) in [6.07, 6.45) is 0. The van der Waals surface area contributed by atoms with Gasteiger partial charge in [-0.3, -0.25) is 0 Å². The average Bonchev–Trinajstić information content (AvgIpc) is 2.84. The maximum atomic E-state index is 13.4. The van der Waals surface area contributed by atoms with Crippen molar-refractivity contribution in [1.82, 2.24) is 0 Å². The predicted octanol–water partition coefficient (Wildman–Crippen LogP) is 2.91. The molecule has 0 amide bonds. The van der Waals surface area contributed by atoms with E-state index in [1.807, 2.05) is 6.07 Å². The van der Waals surface area contributed by atoms with Gasteiger partial charge in [0.2, 0.25) is 5.76 Å². The molecule has 0 unspecified atom stereocenters. The minimum Gasteiger partial charge on any atom is -0.494 e. The van der Waals surface area contributed by atoms with Gasteiger partial charge in [0.1, 0.15) is 11.8 Å². The van der Waals surface area contributed by atoms with E-state index in [0.29, 0.717) is 18.0 Å². The van der Waals surface area contributed by atoms with E-state index in [2.05, 4.69) is 5.32 Å². The molecule has 0 saturated heterocycles. The third-order valence-electron chi connectivity index (χ3n) is 2.39. The van der Waals surface area contributed by atoms with Gasteiger partial charge < -0.3 is 14.5 Å². The lowest BCUT2D eigenvalue weighted by Crippen LogP contribution is -1.99. The first-order chi connectivity index (χ1) is 8.72. The SMILES string of the molecule is COc1ccc(NCc2ccc(C#N)o2)cc1F. The summed E-state index contributed by atoms with van der Waals surface area (Å²) >= 11 is 0. The summed E-state index contributed by atoms with van der Waals surface area (Å²) in [6, 6.07) is 9.77. The number of furan rings is 1. The summed E-state index contributed by atoms with van der Waals surface area (Å²) < 4.78 is 23.4. The smallest absolute Gasteiger partial charge is 0.203 e. The molecule has 0 aliphatic rings. The second-order valence-electron chi connectivity index (χ2n) is 3.58. The van der Waals surface area contributed by atoms with Crippen LogP contribution in [0.1, 0.15) is 11.5 Å². The molecule has 18 heavy (non-hydrogen) atoms. The zero-order valence-corrected chi connectivity index (χ0v) is 9.74. The molecule has 0 spiro atoms. The highest BCUT2D eigenvalue weighted by molar-refractivity contribution is 5.47. The van der Waals surface area contributed by atoms with Crippen molar-refractivity contribution in [2.24, 2.45) is 0 Å². The monoisotopic (exact) mass is 246 g/mol. The molecule has 5 heteroatoms. The predicted molar refractivity (Wildman–Crippen MR) is 63.7 cm³/mol. The maximum absolute atomic E-state index is 13.4. The van der Waals surface area contributed by atoms with Gasteiger partial charge >= 0.3 is 0 Å². The lowest BCUT2D eigenvalue weighted by atomic mass is 10.3. The average molecular weight is 246 g/mol. The molecule has 0 saturated carbocycles. The normalized spacial score (nSPS) is 9.83.